The van der Waals surface area contributed by atoms with Crippen LogP contribution >= 0.6 is 15.9 Å². The normalized spacial score (nSPS) is 10.9. The van der Waals surface area contributed by atoms with E-state index in [1.165, 1.54) is 0 Å². The fraction of sp³-hybridized carbons (Fsp3) is 0.133. The SMILES string of the molecule is COc1ccc(-c2cn3c(C)c(Br)ccc3n2)cc1. The Bertz CT molecular complexity index is 732. The number of hydrogen-bond donors (Lipinski definition) is 0. The van der Waals surface area contributed by atoms with Gasteiger partial charge >= 0.3 is 0 Å². The predicted octanol–water partition coefficient (Wildman–Crippen LogP) is 4.08. The number of rotatable bonds is 2. The molecule has 96 valence electrons. The molecule has 0 aliphatic rings. The number of fused-ring (bicyclic) bond motifs is 1. The lowest BCUT2D eigenvalue weighted by Crippen LogP contribution is -1.89. The molecule has 3 aromatic rings. The molecular formula is C15H13BrN2O. The summed E-state index contributed by atoms with van der Waals surface area (Å²) in [6.07, 6.45) is 2.05. The summed E-state index contributed by atoms with van der Waals surface area (Å²) in [5.74, 6) is 0.853. The number of ether oxygens (including phenoxy) is 1. The molecule has 0 bridgehead atoms. The first kappa shape index (κ1) is 12.2. The third-order valence-electron chi connectivity index (χ3n) is 3.20. The maximum absolute atomic E-state index is 5.17. The topological polar surface area (TPSA) is 26.5 Å². The van der Waals surface area contributed by atoms with Crippen LogP contribution in [0.15, 0.2) is 47.1 Å². The van der Waals surface area contributed by atoms with E-state index in [0.717, 1.165) is 32.8 Å². The van der Waals surface area contributed by atoms with Crippen LogP contribution in [-0.4, -0.2) is 16.5 Å². The molecule has 0 fully saturated rings. The number of aryl methyl sites for hydroxylation is 1. The molecule has 0 aliphatic heterocycles. The smallest absolute Gasteiger partial charge is 0.137 e. The summed E-state index contributed by atoms with van der Waals surface area (Å²) >= 11 is 3.54. The first-order chi connectivity index (χ1) is 9.19. The van der Waals surface area contributed by atoms with Crippen molar-refractivity contribution in [3.05, 3.63) is 52.8 Å². The zero-order valence-electron chi connectivity index (χ0n) is 10.7. The summed E-state index contributed by atoms with van der Waals surface area (Å²) < 4.78 is 8.34. The van der Waals surface area contributed by atoms with Crippen LogP contribution in [0.2, 0.25) is 0 Å². The highest BCUT2D eigenvalue weighted by Crippen LogP contribution is 2.24. The zero-order chi connectivity index (χ0) is 13.4. The van der Waals surface area contributed by atoms with E-state index in [0.29, 0.717) is 0 Å². The van der Waals surface area contributed by atoms with Crippen molar-refractivity contribution in [3.8, 4) is 17.0 Å². The molecule has 3 rings (SSSR count). The molecule has 2 aromatic heterocycles. The number of imidazole rings is 1. The third kappa shape index (κ3) is 2.12. The molecule has 2 heterocycles. The first-order valence-electron chi connectivity index (χ1n) is 5.97. The quantitative estimate of drug-likeness (QED) is 0.712. The van der Waals surface area contributed by atoms with Gasteiger partial charge in [-0.1, -0.05) is 0 Å². The van der Waals surface area contributed by atoms with Crippen LogP contribution in [0, 0.1) is 6.92 Å². The number of aromatic nitrogens is 2. The molecule has 0 atom stereocenters. The lowest BCUT2D eigenvalue weighted by molar-refractivity contribution is 0.415. The van der Waals surface area contributed by atoms with Crippen molar-refractivity contribution in [2.75, 3.05) is 7.11 Å². The Balaban J connectivity index is 2.12. The highest BCUT2D eigenvalue weighted by atomic mass is 79.9. The molecule has 0 N–H and O–H groups in total. The van der Waals surface area contributed by atoms with E-state index in [2.05, 4.69) is 38.4 Å². The van der Waals surface area contributed by atoms with Gasteiger partial charge in [0.15, 0.2) is 0 Å². The first-order valence-corrected chi connectivity index (χ1v) is 6.77. The molecule has 0 unspecified atom stereocenters. The molecule has 0 saturated heterocycles. The van der Waals surface area contributed by atoms with Gasteiger partial charge in [0.1, 0.15) is 11.4 Å². The molecule has 0 radical (unpaired) electrons. The second-order valence-corrected chi connectivity index (χ2v) is 5.20. The number of hydrogen-bond acceptors (Lipinski definition) is 2. The van der Waals surface area contributed by atoms with E-state index in [1.54, 1.807) is 7.11 Å². The second kappa shape index (κ2) is 4.70. The standard InChI is InChI=1S/C15H13BrN2O/c1-10-13(16)7-8-15-17-14(9-18(10)15)11-3-5-12(19-2)6-4-11/h3-9H,1-2H3. The largest absolute Gasteiger partial charge is 0.497 e. The highest BCUT2D eigenvalue weighted by Gasteiger charge is 2.07. The van der Waals surface area contributed by atoms with Gasteiger partial charge in [-0.25, -0.2) is 4.98 Å². The monoisotopic (exact) mass is 316 g/mol. The summed E-state index contributed by atoms with van der Waals surface area (Å²) in [4.78, 5) is 4.64. The van der Waals surface area contributed by atoms with Gasteiger partial charge in [-0.05, 0) is 59.3 Å². The van der Waals surface area contributed by atoms with Gasteiger partial charge in [0, 0.05) is 21.9 Å². The Morgan fingerprint density at radius 2 is 1.84 bits per heavy atom. The molecule has 0 aliphatic carbocycles. The van der Waals surface area contributed by atoms with Crippen LogP contribution in [-0.2, 0) is 0 Å². The van der Waals surface area contributed by atoms with E-state index in [4.69, 9.17) is 4.74 Å². The number of nitrogens with zero attached hydrogens (tertiary/aromatic N) is 2. The van der Waals surface area contributed by atoms with Gasteiger partial charge in [0.2, 0.25) is 0 Å². The average molecular weight is 317 g/mol. The predicted molar refractivity (Wildman–Crippen MR) is 79.6 cm³/mol. The number of pyridine rings is 1. The minimum Gasteiger partial charge on any atom is -0.497 e. The van der Waals surface area contributed by atoms with Crippen molar-refractivity contribution in [2.45, 2.75) is 6.92 Å². The molecule has 0 spiro atoms. The molecule has 1 aromatic carbocycles. The van der Waals surface area contributed by atoms with Crippen molar-refractivity contribution in [1.29, 1.82) is 0 Å². The summed E-state index contributed by atoms with van der Waals surface area (Å²) in [6.45, 7) is 2.07. The van der Waals surface area contributed by atoms with Crippen LogP contribution in [0.5, 0.6) is 5.75 Å². The number of methoxy groups -OCH3 is 1. The van der Waals surface area contributed by atoms with Crippen molar-refractivity contribution >= 4 is 21.6 Å². The lowest BCUT2D eigenvalue weighted by Gasteiger charge is -2.01. The van der Waals surface area contributed by atoms with Gasteiger partial charge < -0.3 is 9.14 Å². The second-order valence-electron chi connectivity index (χ2n) is 4.35. The van der Waals surface area contributed by atoms with Crippen LogP contribution < -0.4 is 4.74 Å². The Hall–Kier alpha value is -1.81. The van der Waals surface area contributed by atoms with Gasteiger partial charge in [0.25, 0.3) is 0 Å². The Morgan fingerprint density at radius 3 is 2.53 bits per heavy atom. The summed E-state index contributed by atoms with van der Waals surface area (Å²) in [6, 6.07) is 12.0. The summed E-state index contributed by atoms with van der Waals surface area (Å²) in [5, 5.41) is 0. The van der Waals surface area contributed by atoms with Crippen molar-refractivity contribution in [1.82, 2.24) is 9.38 Å². The van der Waals surface area contributed by atoms with Gasteiger partial charge in [-0.2, -0.15) is 0 Å². The van der Waals surface area contributed by atoms with Crippen LogP contribution in [0.4, 0.5) is 0 Å². The van der Waals surface area contributed by atoms with Crippen molar-refractivity contribution in [2.24, 2.45) is 0 Å². The van der Waals surface area contributed by atoms with Gasteiger partial charge in [-0.3, -0.25) is 0 Å². The summed E-state index contributed by atoms with van der Waals surface area (Å²) in [7, 11) is 1.67. The van der Waals surface area contributed by atoms with E-state index in [-0.39, 0.29) is 0 Å². The molecule has 0 saturated carbocycles. The molecule has 19 heavy (non-hydrogen) atoms. The van der Waals surface area contributed by atoms with Crippen LogP contribution in [0.25, 0.3) is 16.9 Å². The van der Waals surface area contributed by atoms with Gasteiger partial charge in [-0.15, -0.1) is 0 Å². The fourth-order valence-electron chi connectivity index (χ4n) is 2.07. The minimum atomic E-state index is 0.853. The third-order valence-corrected chi connectivity index (χ3v) is 4.04. The van der Waals surface area contributed by atoms with Gasteiger partial charge in [0.05, 0.1) is 12.8 Å². The Labute approximate surface area is 120 Å². The fourth-order valence-corrected chi connectivity index (χ4v) is 2.39. The lowest BCUT2D eigenvalue weighted by atomic mass is 10.2. The van der Waals surface area contributed by atoms with Crippen LogP contribution in [0.3, 0.4) is 0 Å². The van der Waals surface area contributed by atoms with E-state index in [9.17, 15) is 0 Å². The Kier molecular flexibility index (Phi) is 3.03. The molecule has 0 amide bonds. The van der Waals surface area contributed by atoms with E-state index >= 15 is 0 Å². The maximum Gasteiger partial charge on any atom is 0.137 e. The minimum absolute atomic E-state index is 0.853. The van der Waals surface area contributed by atoms with Crippen molar-refractivity contribution < 1.29 is 4.74 Å². The van der Waals surface area contributed by atoms with Crippen LogP contribution in [0.1, 0.15) is 5.69 Å². The molecular weight excluding hydrogens is 304 g/mol. The summed E-state index contributed by atoms with van der Waals surface area (Å²) in [5.41, 5.74) is 4.14. The zero-order valence-corrected chi connectivity index (χ0v) is 12.3. The maximum atomic E-state index is 5.17. The number of halogens is 1. The average Bonchev–Trinajstić information content (AvgIpc) is 2.88. The Morgan fingerprint density at radius 1 is 1.11 bits per heavy atom. The van der Waals surface area contributed by atoms with E-state index < -0.39 is 0 Å². The number of benzene rings is 1. The molecule has 4 heteroatoms. The molecule has 3 nitrogen and oxygen atoms in total. The van der Waals surface area contributed by atoms with Crippen molar-refractivity contribution in [3.63, 3.8) is 0 Å². The van der Waals surface area contributed by atoms with E-state index in [1.807, 2.05) is 36.4 Å². The highest BCUT2D eigenvalue weighted by molar-refractivity contribution is 9.10.